The van der Waals surface area contributed by atoms with Gasteiger partial charge in [-0.3, -0.25) is 4.79 Å². The van der Waals surface area contributed by atoms with E-state index in [-0.39, 0.29) is 30.1 Å². The molecule has 0 saturated heterocycles. The Balaban J connectivity index is 1.91. The monoisotopic (exact) mass is 356 g/mol. The van der Waals surface area contributed by atoms with Gasteiger partial charge in [0, 0.05) is 29.7 Å². The maximum absolute atomic E-state index is 12.7. The Hall–Kier alpha value is -3.20. The minimum absolute atomic E-state index is 0.134. The number of alkyl halides is 3. The van der Waals surface area contributed by atoms with Gasteiger partial charge in [0.25, 0.3) is 0 Å². The Labute approximate surface area is 147 Å². The summed E-state index contributed by atoms with van der Waals surface area (Å²) in [6.07, 6.45) is -2.82. The molecule has 2 aromatic rings. The third-order valence-electron chi connectivity index (χ3n) is 3.79. The van der Waals surface area contributed by atoms with Crippen LogP contribution in [0.1, 0.15) is 29.5 Å². The van der Waals surface area contributed by atoms with Crippen molar-refractivity contribution in [2.45, 2.75) is 19.0 Å². The molecule has 1 aliphatic rings. The Morgan fingerprint density at radius 2 is 1.54 bits per heavy atom. The van der Waals surface area contributed by atoms with Crippen LogP contribution in [0, 0.1) is 11.8 Å². The van der Waals surface area contributed by atoms with Gasteiger partial charge in [0.05, 0.1) is 12.0 Å². The lowest BCUT2D eigenvalue weighted by Crippen LogP contribution is -2.26. The number of benzene rings is 2. The third-order valence-corrected chi connectivity index (χ3v) is 3.79. The molecule has 0 aliphatic carbocycles. The zero-order valence-electron chi connectivity index (χ0n) is 13.5. The number of hydrogen-bond donors (Lipinski definition) is 0. The van der Waals surface area contributed by atoms with Crippen molar-refractivity contribution in [3.05, 3.63) is 65.2 Å². The molecule has 0 aromatic heterocycles. The highest BCUT2D eigenvalue weighted by Crippen LogP contribution is 2.29. The first-order valence-corrected chi connectivity index (χ1v) is 7.82. The summed E-state index contributed by atoms with van der Waals surface area (Å²) in [5, 5.41) is 0. The first-order chi connectivity index (χ1) is 12.3. The largest absolute Gasteiger partial charge is 0.416 e. The molecule has 2 aromatic carbocycles. The molecule has 0 spiro atoms. The highest BCUT2D eigenvalue weighted by atomic mass is 19.4. The maximum Gasteiger partial charge on any atom is 0.416 e. The smallest absolute Gasteiger partial charge is 0.288 e. The number of halogens is 3. The number of carbonyl (C=O) groups excluding carboxylic acids is 2. The standard InChI is InChI=1S/C20H13F3NO2/c21-20(22,23)16-5-1-3-14(11-16)7-8-15-4-2-6-17(12-15)24-13-18(25)9-10-19(24)26/h1-6,11-13H,9-10H2/q+1. The summed E-state index contributed by atoms with van der Waals surface area (Å²) < 4.78 is 39.5. The Morgan fingerprint density at radius 1 is 0.885 bits per heavy atom. The fourth-order valence-corrected chi connectivity index (χ4v) is 2.50. The summed E-state index contributed by atoms with van der Waals surface area (Å²) in [7, 11) is 0. The lowest BCUT2D eigenvalue weighted by Gasteiger charge is -2.06. The highest BCUT2D eigenvalue weighted by Gasteiger charge is 2.30. The van der Waals surface area contributed by atoms with E-state index in [0.29, 0.717) is 11.3 Å². The fraction of sp³-hybridized carbons (Fsp3) is 0.150. The summed E-state index contributed by atoms with van der Waals surface area (Å²) >= 11 is 0. The number of Topliss-reactive ketones (excluding diaryl/α,β-unsaturated/α-hetero) is 1. The first-order valence-electron chi connectivity index (χ1n) is 7.82. The summed E-state index contributed by atoms with van der Waals surface area (Å²) in [4.78, 5) is 23.5. The fourth-order valence-electron chi connectivity index (χ4n) is 2.50. The Bertz CT molecular complexity index is 978. The quantitative estimate of drug-likeness (QED) is 0.577. The van der Waals surface area contributed by atoms with E-state index < -0.39 is 11.7 Å². The van der Waals surface area contributed by atoms with Crippen molar-refractivity contribution in [2.75, 3.05) is 0 Å². The van der Waals surface area contributed by atoms with Crippen LogP contribution in [-0.2, 0) is 15.8 Å². The van der Waals surface area contributed by atoms with Crippen LogP contribution in [0.15, 0.2) is 48.5 Å². The molecular weight excluding hydrogens is 343 g/mol. The van der Waals surface area contributed by atoms with Crippen LogP contribution in [-0.4, -0.2) is 22.5 Å². The number of nitrogens with zero attached hydrogens (tertiary/aromatic N) is 1. The lowest BCUT2D eigenvalue weighted by atomic mass is 10.1. The predicted octanol–water partition coefficient (Wildman–Crippen LogP) is 3.71. The topological polar surface area (TPSA) is 37.1 Å². The number of ketones is 1. The summed E-state index contributed by atoms with van der Waals surface area (Å²) in [6, 6.07) is 11.4. The van der Waals surface area contributed by atoms with Gasteiger partial charge in [-0.1, -0.05) is 24.0 Å². The summed E-state index contributed by atoms with van der Waals surface area (Å²) in [5.74, 6) is 5.16. The molecule has 130 valence electrons. The van der Waals surface area contributed by atoms with Crippen molar-refractivity contribution in [1.82, 2.24) is 0 Å². The molecule has 3 nitrogen and oxygen atoms in total. The summed E-state index contributed by atoms with van der Waals surface area (Å²) in [5.41, 5.74) is 0.504. The summed E-state index contributed by atoms with van der Waals surface area (Å²) in [6.45, 7) is 0. The van der Waals surface area contributed by atoms with E-state index in [2.05, 4.69) is 11.8 Å². The van der Waals surface area contributed by atoms with Crippen LogP contribution in [0.25, 0.3) is 0 Å². The van der Waals surface area contributed by atoms with E-state index in [1.165, 1.54) is 22.9 Å². The van der Waals surface area contributed by atoms with Crippen LogP contribution >= 0.6 is 0 Å². The second kappa shape index (κ2) is 6.96. The molecule has 1 aliphatic heterocycles. The van der Waals surface area contributed by atoms with Crippen LogP contribution < -0.4 is 0 Å². The van der Waals surface area contributed by atoms with Crippen molar-refractivity contribution in [2.24, 2.45) is 0 Å². The lowest BCUT2D eigenvalue weighted by molar-refractivity contribution is -0.364. The third kappa shape index (κ3) is 4.06. The second-order valence-corrected chi connectivity index (χ2v) is 5.74. The molecule has 0 radical (unpaired) electrons. The van der Waals surface area contributed by atoms with Crippen molar-refractivity contribution in [3.8, 4) is 11.8 Å². The molecule has 1 heterocycles. The van der Waals surface area contributed by atoms with Gasteiger partial charge in [-0.2, -0.15) is 13.2 Å². The average molecular weight is 356 g/mol. The zero-order valence-corrected chi connectivity index (χ0v) is 13.5. The number of carbonyl (C=O) groups is 2. The number of amides is 1. The van der Waals surface area contributed by atoms with Gasteiger partial charge in [0.2, 0.25) is 17.7 Å². The molecule has 0 atom stereocenters. The van der Waals surface area contributed by atoms with Gasteiger partial charge in [0.1, 0.15) is 0 Å². The first kappa shape index (κ1) is 17.6. The van der Waals surface area contributed by atoms with Gasteiger partial charge in [-0.15, -0.1) is 4.58 Å². The van der Waals surface area contributed by atoms with E-state index >= 15 is 0 Å². The molecule has 0 N–H and O–H groups in total. The zero-order chi connectivity index (χ0) is 18.7. The predicted molar refractivity (Wildman–Crippen MR) is 89.1 cm³/mol. The highest BCUT2D eigenvalue weighted by molar-refractivity contribution is 6.28. The Kier molecular flexibility index (Phi) is 4.72. The SMILES string of the molecule is O=C1C=[N+](c2cccc(C#Cc3cccc(C(F)(F)F)c3)c2)C(=O)CC1. The minimum Gasteiger partial charge on any atom is -0.288 e. The molecule has 3 rings (SSSR count). The molecule has 0 bridgehead atoms. The van der Waals surface area contributed by atoms with Crippen molar-refractivity contribution < 1.29 is 27.3 Å². The molecule has 6 heteroatoms. The molecule has 1 amide bonds. The molecule has 26 heavy (non-hydrogen) atoms. The molecule has 0 saturated carbocycles. The second-order valence-electron chi connectivity index (χ2n) is 5.74. The molecular formula is C20H13F3NO2+. The average Bonchev–Trinajstić information content (AvgIpc) is 2.62. The number of hydrogen-bond acceptors (Lipinski definition) is 2. The van der Waals surface area contributed by atoms with Crippen LogP contribution in [0.3, 0.4) is 0 Å². The van der Waals surface area contributed by atoms with Crippen molar-refractivity contribution in [1.29, 1.82) is 0 Å². The van der Waals surface area contributed by atoms with Gasteiger partial charge < -0.3 is 0 Å². The van der Waals surface area contributed by atoms with Crippen molar-refractivity contribution >= 4 is 23.6 Å². The van der Waals surface area contributed by atoms with E-state index in [1.54, 1.807) is 24.3 Å². The minimum atomic E-state index is -4.42. The van der Waals surface area contributed by atoms with E-state index in [4.69, 9.17) is 0 Å². The van der Waals surface area contributed by atoms with Crippen LogP contribution in [0.5, 0.6) is 0 Å². The molecule has 0 unspecified atom stereocenters. The van der Waals surface area contributed by atoms with Crippen LogP contribution in [0.2, 0.25) is 0 Å². The maximum atomic E-state index is 12.7. The van der Waals surface area contributed by atoms with E-state index in [0.717, 1.165) is 12.1 Å². The molecule has 0 fully saturated rings. The van der Waals surface area contributed by atoms with E-state index in [1.807, 2.05) is 0 Å². The van der Waals surface area contributed by atoms with Gasteiger partial charge in [0.15, 0.2) is 0 Å². The van der Waals surface area contributed by atoms with Gasteiger partial charge in [-0.05, 0) is 24.3 Å². The van der Waals surface area contributed by atoms with Crippen molar-refractivity contribution in [3.63, 3.8) is 0 Å². The number of rotatable bonds is 1. The Morgan fingerprint density at radius 3 is 2.23 bits per heavy atom. The van der Waals surface area contributed by atoms with E-state index in [9.17, 15) is 22.8 Å². The normalized spacial score (nSPS) is 14.5. The van der Waals surface area contributed by atoms with Crippen LogP contribution in [0.4, 0.5) is 18.9 Å². The van der Waals surface area contributed by atoms with Gasteiger partial charge in [-0.25, -0.2) is 4.79 Å². The van der Waals surface area contributed by atoms with Gasteiger partial charge >= 0.3 is 12.1 Å².